The molecular weight excluding hydrogens is 350 g/mol. The number of nitrogens with zero attached hydrogens (tertiary/aromatic N) is 1. The lowest BCUT2D eigenvalue weighted by Gasteiger charge is -2.13. The molecule has 0 aliphatic heterocycles. The molecule has 0 unspecified atom stereocenters. The van der Waals surface area contributed by atoms with E-state index in [1.54, 1.807) is 24.3 Å². The van der Waals surface area contributed by atoms with Gasteiger partial charge in [0.05, 0.1) is 11.9 Å². The molecule has 0 spiro atoms. The molecule has 3 aromatic rings. The molecule has 1 aromatic heterocycles. The summed E-state index contributed by atoms with van der Waals surface area (Å²) in [6.07, 6.45) is 0.265. The number of nitrogens with one attached hydrogen (secondary N) is 2. The van der Waals surface area contributed by atoms with Crippen molar-refractivity contribution in [3.63, 3.8) is 0 Å². The number of carbonyl (C=O) groups excluding carboxylic acids is 2. The highest BCUT2D eigenvalue weighted by Crippen LogP contribution is 2.23. The van der Waals surface area contributed by atoms with Crippen LogP contribution >= 0.6 is 0 Å². The minimum absolute atomic E-state index is 0.0356. The van der Waals surface area contributed by atoms with Crippen molar-refractivity contribution in [2.75, 3.05) is 10.6 Å². The number of amides is 2. The fourth-order valence-electron chi connectivity index (χ4n) is 3.12. The van der Waals surface area contributed by atoms with Crippen molar-refractivity contribution in [1.29, 1.82) is 0 Å². The van der Waals surface area contributed by atoms with Crippen LogP contribution in [0.1, 0.15) is 30.7 Å². The Labute approximate surface area is 165 Å². The summed E-state index contributed by atoms with van der Waals surface area (Å²) in [5.74, 6) is -0.213. The molecule has 5 heteroatoms. The van der Waals surface area contributed by atoms with Crippen LogP contribution in [-0.4, -0.2) is 16.8 Å². The Balaban J connectivity index is 1.71. The average Bonchev–Trinajstić information content (AvgIpc) is 2.66. The fourth-order valence-corrected chi connectivity index (χ4v) is 3.12. The second-order valence-electron chi connectivity index (χ2n) is 7.26. The summed E-state index contributed by atoms with van der Waals surface area (Å²) in [5, 5.41) is 6.82. The number of hydrogen-bond acceptors (Lipinski definition) is 3. The molecular formula is C23H25N3O2. The second-order valence-corrected chi connectivity index (χ2v) is 7.26. The van der Waals surface area contributed by atoms with E-state index in [9.17, 15) is 9.59 Å². The number of rotatable bonds is 5. The van der Waals surface area contributed by atoms with Crippen molar-refractivity contribution in [2.45, 2.75) is 34.1 Å². The number of pyridine rings is 1. The van der Waals surface area contributed by atoms with E-state index >= 15 is 0 Å². The van der Waals surface area contributed by atoms with E-state index in [4.69, 9.17) is 0 Å². The van der Waals surface area contributed by atoms with E-state index in [0.717, 1.165) is 27.7 Å². The van der Waals surface area contributed by atoms with Crippen LogP contribution in [0.5, 0.6) is 0 Å². The van der Waals surface area contributed by atoms with Crippen molar-refractivity contribution < 1.29 is 9.59 Å². The molecule has 2 N–H and O–H groups in total. The highest BCUT2D eigenvalue weighted by molar-refractivity contribution is 5.95. The molecule has 2 aromatic carbocycles. The fraction of sp³-hybridized carbons (Fsp3) is 0.261. The first-order valence-electron chi connectivity index (χ1n) is 9.40. The maximum atomic E-state index is 12.6. The predicted molar refractivity (Wildman–Crippen MR) is 113 cm³/mol. The van der Waals surface area contributed by atoms with Crippen molar-refractivity contribution >= 4 is 34.1 Å². The van der Waals surface area contributed by atoms with Gasteiger partial charge in [-0.05, 0) is 55.3 Å². The largest absolute Gasteiger partial charge is 0.326 e. The number of fused-ring (bicyclic) bond motifs is 1. The van der Waals surface area contributed by atoms with E-state index in [1.165, 1.54) is 0 Å². The normalized spacial score (nSPS) is 10.9. The summed E-state index contributed by atoms with van der Waals surface area (Å²) in [7, 11) is 0. The Bertz CT molecular complexity index is 1020. The van der Waals surface area contributed by atoms with Crippen molar-refractivity contribution in [3.05, 3.63) is 65.4 Å². The van der Waals surface area contributed by atoms with Crippen LogP contribution in [-0.2, 0) is 16.0 Å². The van der Waals surface area contributed by atoms with Gasteiger partial charge in [0.1, 0.15) is 0 Å². The predicted octanol–water partition coefficient (Wildman–Crippen LogP) is 4.63. The van der Waals surface area contributed by atoms with Gasteiger partial charge >= 0.3 is 0 Å². The highest BCUT2D eigenvalue weighted by Gasteiger charge is 2.13. The Morgan fingerprint density at radius 1 is 0.929 bits per heavy atom. The Morgan fingerprint density at radius 2 is 1.54 bits per heavy atom. The summed E-state index contributed by atoms with van der Waals surface area (Å²) < 4.78 is 0. The quantitative estimate of drug-likeness (QED) is 0.683. The van der Waals surface area contributed by atoms with Crippen molar-refractivity contribution in [3.8, 4) is 0 Å². The zero-order chi connectivity index (χ0) is 20.3. The maximum absolute atomic E-state index is 12.6. The van der Waals surface area contributed by atoms with Crippen molar-refractivity contribution in [1.82, 2.24) is 4.98 Å². The monoisotopic (exact) mass is 375 g/mol. The Hall–Kier alpha value is -3.21. The van der Waals surface area contributed by atoms with Gasteiger partial charge in [-0.15, -0.1) is 0 Å². The first kappa shape index (κ1) is 19.5. The molecule has 5 nitrogen and oxygen atoms in total. The molecule has 28 heavy (non-hydrogen) atoms. The molecule has 0 radical (unpaired) electrons. The van der Waals surface area contributed by atoms with Crippen LogP contribution < -0.4 is 10.6 Å². The SMILES string of the molecule is Cc1nc2ccccc2c(C)c1CC(=O)Nc1ccc(NC(=O)C(C)C)cc1. The maximum Gasteiger partial charge on any atom is 0.228 e. The van der Waals surface area contributed by atoms with Gasteiger partial charge < -0.3 is 10.6 Å². The number of hydrogen-bond donors (Lipinski definition) is 2. The molecule has 144 valence electrons. The standard InChI is InChI=1S/C23H25N3O2/c1-14(2)23(28)26-18-11-9-17(10-12-18)25-22(27)13-20-15(3)19-7-5-6-8-21(19)24-16(20)4/h5-12,14H,13H2,1-4H3,(H,25,27)(H,26,28). The van der Waals surface area contributed by atoms with Crippen LogP contribution in [0.3, 0.4) is 0 Å². The molecule has 2 amide bonds. The van der Waals surface area contributed by atoms with Gasteiger partial charge in [-0.3, -0.25) is 14.6 Å². The first-order chi connectivity index (χ1) is 13.3. The van der Waals surface area contributed by atoms with Gasteiger partial charge in [-0.25, -0.2) is 0 Å². The summed E-state index contributed by atoms with van der Waals surface area (Å²) in [6, 6.07) is 15.1. The summed E-state index contributed by atoms with van der Waals surface area (Å²) >= 11 is 0. The summed E-state index contributed by atoms with van der Waals surface area (Å²) in [4.78, 5) is 28.9. The minimum atomic E-state index is -0.0951. The van der Waals surface area contributed by atoms with Gasteiger partial charge in [-0.2, -0.15) is 0 Å². The lowest BCUT2D eigenvalue weighted by Crippen LogP contribution is -2.18. The van der Waals surface area contributed by atoms with Crippen LogP contribution in [0.2, 0.25) is 0 Å². The number of anilines is 2. The van der Waals surface area contributed by atoms with E-state index in [1.807, 2.05) is 52.0 Å². The lowest BCUT2D eigenvalue weighted by atomic mass is 9.99. The van der Waals surface area contributed by atoms with Crippen LogP contribution in [0.25, 0.3) is 10.9 Å². The molecule has 0 atom stereocenters. The van der Waals surface area contributed by atoms with Crippen LogP contribution in [0, 0.1) is 19.8 Å². The first-order valence-corrected chi connectivity index (χ1v) is 9.40. The van der Waals surface area contributed by atoms with Crippen molar-refractivity contribution in [2.24, 2.45) is 5.92 Å². The van der Waals surface area contributed by atoms with Gasteiger partial charge in [0.25, 0.3) is 0 Å². The zero-order valence-electron chi connectivity index (χ0n) is 16.7. The summed E-state index contributed by atoms with van der Waals surface area (Å²) in [5.41, 5.74) is 5.26. The molecule has 0 bridgehead atoms. The average molecular weight is 375 g/mol. The van der Waals surface area contributed by atoms with Crippen LogP contribution in [0.15, 0.2) is 48.5 Å². The van der Waals surface area contributed by atoms with E-state index in [0.29, 0.717) is 11.4 Å². The second kappa shape index (κ2) is 8.21. The third kappa shape index (κ3) is 4.36. The van der Waals surface area contributed by atoms with Gasteiger partial charge in [0, 0.05) is 28.4 Å². The Morgan fingerprint density at radius 3 is 2.18 bits per heavy atom. The third-order valence-electron chi connectivity index (χ3n) is 4.78. The number of benzene rings is 2. The molecule has 0 saturated heterocycles. The highest BCUT2D eigenvalue weighted by atomic mass is 16.2. The lowest BCUT2D eigenvalue weighted by molar-refractivity contribution is -0.119. The topological polar surface area (TPSA) is 71.1 Å². The molecule has 0 saturated carbocycles. The smallest absolute Gasteiger partial charge is 0.228 e. The number of carbonyl (C=O) groups is 2. The number of aryl methyl sites for hydroxylation is 2. The molecule has 1 heterocycles. The zero-order valence-corrected chi connectivity index (χ0v) is 16.7. The summed E-state index contributed by atoms with van der Waals surface area (Å²) in [6.45, 7) is 7.66. The van der Waals surface area contributed by atoms with Gasteiger partial charge in [0.15, 0.2) is 0 Å². The third-order valence-corrected chi connectivity index (χ3v) is 4.78. The molecule has 0 fully saturated rings. The van der Waals surface area contributed by atoms with Gasteiger partial charge in [0.2, 0.25) is 11.8 Å². The molecule has 0 aliphatic rings. The Kier molecular flexibility index (Phi) is 5.73. The van der Waals surface area contributed by atoms with E-state index < -0.39 is 0 Å². The van der Waals surface area contributed by atoms with E-state index in [-0.39, 0.29) is 24.2 Å². The molecule has 0 aliphatic carbocycles. The molecule has 3 rings (SSSR count). The number of aromatic nitrogens is 1. The van der Waals surface area contributed by atoms with Crippen LogP contribution in [0.4, 0.5) is 11.4 Å². The minimum Gasteiger partial charge on any atom is -0.326 e. The number of para-hydroxylation sites is 1. The van der Waals surface area contributed by atoms with E-state index in [2.05, 4.69) is 15.6 Å². The van der Waals surface area contributed by atoms with Gasteiger partial charge in [-0.1, -0.05) is 32.0 Å².